The minimum absolute atomic E-state index is 0.0745. The molecule has 1 aromatic carbocycles. The molecule has 1 aromatic rings. The van der Waals surface area contributed by atoms with Gasteiger partial charge in [0.2, 0.25) is 0 Å². The summed E-state index contributed by atoms with van der Waals surface area (Å²) in [6, 6.07) is 4.51. The van der Waals surface area contributed by atoms with Crippen molar-refractivity contribution < 1.29 is 19.0 Å². The molecule has 1 rings (SSSR count). The second kappa shape index (κ2) is 6.79. The van der Waals surface area contributed by atoms with Crippen LogP contribution in [0, 0.1) is 5.82 Å². The number of carboxylic acids is 1. The highest BCUT2D eigenvalue weighted by molar-refractivity contribution is 5.67. The van der Waals surface area contributed by atoms with Gasteiger partial charge in [-0.2, -0.15) is 0 Å². The van der Waals surface area contributed by atoms with Gasteiger partial charge in [0.25, 0.3) is 0 Å². The molecular weight excluding hydrogens is 235 g/mol. The van der Waals surface area contributed by atoms with Gasteiger partial charge >= 0.3 is 5.97 Å². The maximum Gasteiger partial charge on any atom is 0.303 e. The maximum atomic E-state index is 13.6. The number of halogens is 1. The Kier molecular flexibility index (Phi) is 5.36. The maximum absolute atomic E-state index is 13.6. The van der Waals surface area contributed by atoms with Gasteiger partial charge in [0.05, 0.1) is 0 Å². The van der Waals surface area contributed by atoms with Crippen LogP contribution in [-0.4, -0.2) is 17.7 Å². The predicted molar refractivity (Wildman–Crippen MR) is 67.3 cm³/mol. The van der Waals surface area contributed by atoms with Crippen molar-refractivity contribution in [2.45, 2.75) is 26.7 Å². The van der Waals surface area contributed by atoms with Crippen LogP contribution in [0.5, 0.6) is 5.75 Å². The molecule has 3 nitrogen and oxygen atoms in total. The lowest BCUT2D eigenvalue weighted by molar-refractivity contribution is -0.136. The number of aryl methyl sites for hydroxylation is 1. The Labute approximate surface area is 106 Å². The van der Waals surface area contributed by atoms with Gasteiger partial charge in [-0.1, -0.05) is 11.6 Å². The van der Waals surface area contributed by atoms with Crippen molar-refractivity contribution in [1.29, 1.82) is 0 Å². The summed E-state index contributed by atoms with van der Waals surface area (Å²) in [4.78, 5) is 10.4. The monoisotopic (exact) mass is 252 g/mol. The first-order valence-corrected chi connectivity index (χ1v) is 5.75. The Morgan fingerprint density at radius 1 is 1.44 bits per heavy atom. The molecule has 0 unspecified atom stereocenters. The van der Waals surface area contributed by atoms with Gasteiger partial charge in [0.15, 0.2) is 0 Å². The lowest BCUT2D eigenvalue weighted by atomic mass is 10.1. The molecule has 0 amide bonds. The van der Waals surface area contributed by atoms with Crippen molar-refractivity contribution in [2.24, 2.45) is 0 Å². The molecular formula is C14H17FO3. The van der Waals surface area contributed by atoms with E-state index in [0.717, 1.165) is 5.57 Å². The lowest BCUT2D eigenvalue weighted by Gasteiger charge is -2.06. The van der Waals surface area contributed by atoms with Gasteiger partial charge < -0.3 is 9.84 Å². The average molecular weight is 252 g/mol. The van der Waals surface area contributed by atoms with Crippen molar-refractivity contribution in [1.82, 2.24) is 0 Å². The summed E-state index contributed by atoms with van der Waals surface area (Å²) in [5, 5.41) is 8.53. The third-order valence-electron chi connectivity index (χ3n) is 2.37. The number of benzene rings is 1. The molecule has 0 fully saturated rings. The average Bonchev–Trinajstić information content (AvgIpc) is 2.27. The Morgan fingerprint density at radius 2 is 2.17 bits per heavy atom. The second-order valence-corrected chi connectivity index (χ2v) is 4.24. The molecule has 4 heteroatoms. The van der Waals surface area contributed by atoms with E-state index >= 15 is 0 Å². The van der Waals surface area contributed by atoms with E-state index in [1.54, 1.807) is 12.1 Å². The van der Waals surface area contributed by atoms with Crippen LogP contribution >= 0.6 is 0 Å². The summed E-state index contributed by atoms with van der Waals surface area (Å²) in [7, 11) is 0. The molecule has 0 aliphatic heterocycles. The predicted octanol–water partition coefficient (Wildman–Crippen LogP) is 3.19. The zero-order chi connectivity index (χ0) is 13.5. The number of ether oxygens (including phenoxy) is 1. The standard InChI is InChI=1S/C14H17FO3/c1-10(2)7-8-18-12-5-3-11(13(15)9-12)4-6-14(16)17/h3,5,7,9H,4,6,8H2,1-2H3,(H,16,17). The molecule has 1 N–H and O–H groups in total. The molecule has 0 atom stereocenters. The Bertz CT molecular complexity index is 448. The van der Waals surface area contributed by atoms with E-state index < -0.39 is 11.8 Å². The van der Waals surface area contributed by atoms with E-state index in [2.05, 4.69) is 0 Å². The van der Waals surface area contributed by atoms with Crippen LogP contribution in [0.2, 0.25) is 0 Å². The Morgan fingerprint density at radius 3 is 2.72 bits per heavy atom. The van der Waals surface area contributed by atoms with Crippen LogP contribution in [0.25, 0.3) is 0 Å². The molecule has 0 saturated heterocycles. The van der Waals surface area contributed by atoms with Crippen molar-refractivity contribution >= 4 is 5.97 Å². The van der Waals surface area contributed by atoms with E-state index in [1.165, 1.54) is 6.07 Å². The molecule has 0 heterocycles. The van der Waals surface area contributed by atoms with Crippen LogP contribution in [0.1, 0.15) is 25.8 Å². The van der Waals surface area contributed by atoms with E-state index in [0.29, 0.717) is 17.9 Å². The van der Waals surface area contributed by atoms with Crippen molar-refractivity contribution in [3.05, 3.63) is 41.2 Å². The first-order chi connectivity index (χ1) is 8.49. The number of hydrogen-bond donors (Lipinski definition) is 1. The topological polar surface area (TPSA) is 46.5 Å². The highest BCUT2D eigenvalue weighted by Crippen LogP contribution is 2.18. The minimum atomic E-state index is -0.932. The zero-order valence-corrected chi connectivity index (χ0v) is 10.6. The van der Waals surface area contributed by atoms with E-state index in [9.17, 15) is 9.18 Å². The summed E-state index contributed by atoms with van der Waals surface area (Å²) in [5.74, 6) is -0.909. The fourth-order valence-corrected chi connectivity index (χ4v) is 1.37. The Balaban J connectivity index is 2.61. The van der Waals surface area contributed by atoms with Crippen LogP contribution in [-0.2, 0) is 11.2 Å². The molecule has 0 aliphatic carbocycles. The number of carbonyl (C=O) groups is 1. The molecule has 0 bridgehead atoms. The largest absolute Gasteiger partial charge is 0.489 e. The molecule has 0 radical (unpaired) electrons. The van der Waals surface area contributed by atoms with Crippen LogP contribution in [0.3, 0.4) is 0 Å². The second-order valence-electron chi connectivity index (χ2n) is 4.24. The number of rotatable bonds is 6. The third-order valence-corrected chi connectivity index (χ3v) is 2.37. The molecule has 0 spiro atoms. The summed E-state index contributed by atoms with van der Waals surface area (Å²) < 4.78 is 18.9. The molecule has 0 aromatic heterocycles. The summed E-state index contributed by atoms with van der Waals surface area (Å²) in [6.45, 7) is 4.31. The number of carboxylic acid groups (broad SMARTS) is 1. The van der Waals surface area contributed by atoms with Crippen molar-refractivity contribution in [3.63, 3.8) is 0 Å². The van der Waals surface area contributed by atoms with Gasteiger partial charge in [-0.15, -0.1) is 0 Å². The van der Waals surface area contributed by atoms with Crippen LogP contribution in [0.4, 0.5) is 4.39 Å². The highest BCUT2D eigenvalue weighted by atomic mass is 19.1. The van der Waals surface area contributed by atoms with Crippen molar-refractivity contribution in [3.8, 4) is 5.75 Å². The van der Waals surface area contributed by atoms with Crippen LogP contribution < -0.4 is 4.74 Å². The SMILES string of the molecule is CC(C)=CCOc1ccc(CCC(=O)O)c(F)c1. The smallest absolute Gasteiger partial charge is 0.303 e. The molecule has 98 valence electrons. The summed E-state index contributed by atoms with van der Waals surface area (Å²) in [6.07, 6.45) is 2.01. The third kappa shape index (κ3) is 4.99. The normalized spacial score (nSPS) is 9.94. The van der Waals surface area contributed by atoms with E-state index in [-0.39, 0.29) is 12.8 Å². The minimum Gasteiger partial charge on any atom is -0.489 e. The van der Waals surface area contributed by atoms with Crippen LogP contribution in [0.15, 0.2) is 29.8 Å². The molecule has 0 saturated carbocycles. The number of hydrogen-bond acceptors (Lipinski definition) is 2. The van der Waals surface area contributed by atoms with Crippen molar-refractivity contribution in [2.75, 3.05) is 6.61 Å². The van der Waals surface area contributed by atoms with Gasteiger partial charge in [0.1, 0.15) is 18.2 Å². The van der Waals surface area contributed by atoms with Gasteiger partial charge in [0, 0.05) is 12.5 Å². The molecule has 18 heavy (non-hydrogen) atoms. The van der Waals surface area contributed by atoms with E-state index in [4.69, 9.17) is 9.84 Å². The number of allylic oxidation sites excluding steroid dienone is 1. The Hall–Kier alpha value is -1.84. The number of aliphatic carboxylic acids is 1. The summed E-state index contributed by atoms with van der Waals surface area (Å²) >= 11 is 0. The fraction of sp³-hybridized carbons (Fsp3) is 0.357. The first-order valence-electron chi connectivity index (χ1n) is 5.75. The van der Waals surface area contributed by atoms with Gasteiger partial charge in [-0.3, -0.25) is 4.79 Å². The quantitative estimate of drug-likeness (QED) is 0.791. The molecule has 0 aliphatic rings. The lowest BCUT2D eigenvalue weighted by Crippen LogP contribution is -2.00. The zero-order valence-electron chi connectivity index (χ0n) is 10.6. The highest BCUT2D eigenvalue weighted by Gasteiger charge is 2.06. The van der Waals surface area contributed by atoms with Gasteiger partial charge in [-0.05, 0) is 38.0 Å². The fourth-order valence-electron chi connectivity index (χ4n) is 1.37. The van der Waals surface area contributed by atoms with Gasteiger partial charge in [-0.25, -0.2) is 4.39 Å². The van der Waals surface area contributed by atoms with E-state index in [1.807, 2.05) is 19.9 Å². The summed E-state index contributed by atoms with van der Waals surface area (Å²) in [5.41, 5.74) is 1.53. The first kappa shape index (κ1) is 14.2.